The van der Waals surface area contributed by atoms with E-state index in [1.807, 2.05) is 25.1 Å². The Morgan fingerprint density at radius 3 is 2.33 bits per heavy atom. The second-order valence-corrected chi connectivity index (χ2v) is 8.11. The lowest BCUT2D eigenvalue weighted by molar-refractivity contribution is 0.602. The Morgan fingerprint density at radius 2 is 1.71 bits per heavy atom. The van der Waals surface area contributed by atoms with Gasteiger partial charge >= 0.3 is 0 Å². The molecule has 2 aromatic rings. The summed E-state index contributed by atoms with van der Waals surface area (Å²) in [5, 5.41) is 0. The molecule has 0 spiro atoms. The number of nitrogens with zero attached hydrogens (tertiary/aromatic N) is 3. The van der Waals surface area contributed by atoms with Crippen LogP contribution in [-0.4, -0.2) is 37.7 Å². The van der Waals surface area contributed by atoms with Crippen LogP contribution in [0.1, 0.15) is 29.9 Å². The zero-order chi connectivity index (χ0) is 17.2. The molecule has 0 saturated carbocycles. The fourth-order valence-corrected chi connectivity index (χ4v) is 3.38. The van der Waals surface area contributed by atoms with Gasteiger partial charge in [-0.2, -0.15) is 0 Å². The van der Waals surface area contributed by atoms with Crippen molar-refractivity contribution in [3.05, 3.63) is 47.4 Å². The molecule has 24 heavy (non-hydrogen) atoms. The number of anilines is 1. The lowest BCUT2D eigenvalue weighted by Gasteiger charge is -2.16. The monoisotopic (exact) mass is 343 g/mol. The van der Waals surface area contributed by atoms with Crippen LogP contribution in [0.4, 0.5) is 5.82 Å². The third kappa shape index (κ3) is 4.00. The Hall–Kier alpha value is -2.21. The van der Waals surface area contributed by atoms with Crippen molar-refractivity contribution in [3.63, 3.8) is 0 Å². The molecular weight excluding hydrogens is 322 g/mol. The summed E-state index contributed by atoms with van der Waals surface area (Å²) in [5.74, 6) is 1.65. The minimum Gasteiger partial charge on any atom is -0.356 e. The van der Waals surface area contributed by atoms with Crippen molar-refractivity contribution in [1.29, 1.82) is 0 Å². The fourth-order valence-electron chi connectivity index (χ4n) is 2.75. The van der Waals surface area contributed by atoms with E-state index in [4.69, 9.17) is 0 Å². The van der Waals surface area contributed by atoms with Gasteiger partial charge in [0.2, 0.25) is 0 Å². The predicted molar refractivity (Wildman–Crippen MR) is 96.7 cm³/mol. The van der Waals surface area contributed by atoms with E-state index in [0.29, 0.717) is 10.7 Å². The van der Waals surface area contributed by atoms with Crippen molar-refractivity contribution in [2.24, 2.45) is 0 Å². The van der Waals surface area contributed by atoms with Gasteiger partial charge in [0.15, 0.2) is 15.7 Å². The summed E-state index contributed by atoms with van der Waals surface area (Å²) in [6.07, 6.45) is 7.39. The molecule has 1 saturated heterocycles. The minimum absolute atomic E-state index is 0.322. The van der Waals surface area contributed by atoms with Crippen LogP contribution in [0.3, 0.4) is 0 Å². The number of hydrogen-bond acceptors (Lipinski definition) is 5. The van der Waals surface area contributed by atoms with Gasteiger partial charge in [0.1, 0.15) is 5.82 Å². The molecule has 0 bridgehead atoms. The molecule has 1 aromatic carbocycles. The molecule has 126 valence electrons. The molecule has 3 rings (SSSR count). The van der Waals surface area contributed by atoms with Crippen LogP contribution in [0.5, 0.6) is 0 Å². The lowest BCUT2D eigenvalue weighted by Crippen LogP contribution is -2.19. The first kappa shape index (κ1) is 16.6. The Morgan fingerprint density at radius 1 is 1.04 bits per heavy atom. The summed E-state index contributed by atoms with van der Waals surface area (Å²) >= 11 is 0. The second kappa shape index (κ2) is 6.73. The molecule has 1 aliphatic heterocycles. The maximum Gasteiger partial charge on any atom is 0.175 e. The van der Waals surface area contributed by atoms with E-state index in [2.05, 4.69) is 14.9 Å². The average Bonchev–Trinajstić information content (AvgIpc) is 3.06. The third-order valence-electron chi connectivity index (χ3n) is 4.02. The molecule has 0 N–H and O–H groups in total. The van der Waals surface area contributed by atoms with Crippen LogP contribution in [0, 0.1) is 6.92 Å². The quantitative estimate of drug-likeness (QED) is 0.854. The lowest BCUT2D eigenvalue weighted by atomic mass is 10.2. The van der Waals surface area contributed by atoms with Crippen LogP contribution in [0.15, 0.2) is 35.2 Å². The zero-order valence-electron chi connectivity index (χ0n) is 13.9. The Labute approximate surface area is 143 Å². The van der Waals surface area contributed by atoms with Gasteiger partial charge in [0, 0.05) is 31.1 Å². The summed E-state index contributed by atoms with van der Waals surface area (Å²) in [4.78, 5) is 11.7. The van der Waals surface area contributed by atoms with Crippen molar-refractivity contribution in [3.8, 4) is 0 Å². The normalized spacial score (nSPS) is 15.3. The molecule has 1 aromatic heterocycles. The zero-order valence-corrected chi connectivity index (χ0v) is 14.8. The highest BCUT2D eigenvalue weighted by Crippen LogP contribution is 2.19. The van der Waals surface area contributed by atoms with E-state index >= 15 is 0 Å². The molecule has 6 heteroatoms. The SMILES string of the molecule is Cc1cc(N2CCCC2)nc(C=Cc2ccc(S(C)(=O)=O)cc2)n1. The molecular formula is C18H21N3O2S. The van der Waals surface area contributed by atoms with Crippen molar-refractivity contribution in [1.82, 2.24) is 9.97 Å². The van der Waals surface area contributed by atoms with Gasteiger partial charge < -0.3 is 4.90 Å². The average molecular weight is 343 g/mol. The van der Waals surface area contributed by atoms with Crippen LogP contribution in [0.2, 0.25) is 0 Å². The Bertz CT molecular complexity index is 852. The molecule has 5 nitrogen and oxygen atoms in total. The fraction of sp³-hybridized carbons (Fsp3) is 0.333. The molecule has 1 aliphatic rings. The molecule has 2 heterocycles. The van der Waals surface area contributed by atoms with Gasteiger partial charge in [-0.25, -0.2) is 18.4 Å². The van der Waals surface area contributed by atoms with E-state index in [-0.39, 0.29) is 0 Å². The highest BCUT2D eigenvalue weighted by molar-refractivity contribution is 7.90. The summed E-state index contributed by atoms with van der Waals surface area (Å²) in [7, 11) is -3.16. The standard InChI is InChI=1S/C18H21N3O2S/c1-14-13-18(21-11-3-4-12-21)20-17(19-14)10-7-15-5-8-16(9-6-15)24(2,22)23/h5-10,13H,3-4,11-12H2,1-2H3. The topological polar surface area (TPSA) is 63.2 Å². The number of hydrogen-bond donors (Lipinski definition) is 0. The third-order valence-corrected chi connectivity index (χ3v) is 5.15. The summed E-state index contributed by atoms with van der Waals surface area (Å²) in [5.41, 5.74) is 1.86. The van der Waals surface area contributed by atoms with E-state index in [9.17, 15) is 8.42 Å². The molecule has 0 atom stereocenters. The van der Waals surface area contributed by atoms with Gasteiger partial charge in [-0.1, -0.05) is 18.2 Å². The maximum atomic E-state index is 11.5. The summed E-state index contributed by atoms with van der Waals surface area (Å²) < 4.78 is 23.0. The first-order valence-electron chi connectivity index (χ1n) is 8.01. The van der Waals surface area contributed by atoms with E-state index < -0.39 is 9.84 Å². The Kier molecular flexibility index (Phi) is 4.66. The molecule has 0 aliphatic carbocycles. The summed E-state index contributed by atoms with van der Waals surface area (Å²) in [6.45, 7) is 4.07. The van der Waals surface area contributed by atoms with Crippen LogP contribution in [0.25, 0.3) is 12.2 Å². The molecule has 0 radical (unpaired) electrons. The Balaban J connectivity index is 1.81. The first-order chi connectivity index (χ1) is 11.4. The van der Waals surface area contributed by atoms with Crippen LogP contribution in [-0.2, 0) is 9.84 Å². The minimum atomic E-state index is -3.16. The molecule has 0 amide bonds. The van der Waals surface area contributed by atoms with Gasteiger partial charge in [-0.15, -0.1) is 0 Å². The van der Waals surface area contributed by atoms with Crippen molar-refractivity contribution in [2.75, 3.05) is 24.2 Å². The van der Waals surface area contributed by atoms with Crippen molar-refractivity contribution in [2.45, 2.75) is 24.7 Å². The highest BCUT2D eigenvalue weighted by atomic mass is 32.2. The first-order valence-corrected chi connectivity index (χ1v) is 9.90. The van der Waals surface area contributed by atoms with E-state index in [1.54, 1.807) is 24.3 Å². The smallest absolute Gasteiger partial charge is 0.175 e. The largest absolute Gasteiger partial charge is 0.356 e. The van der Waals surface area contributed by atoms with Gasteiger partial charge in [0.25, 0.3) is 0 Å². The molecule has 0 unspecified atom stereocenters. The van der Waals surface area contributed by atoms with Gasteiger partial charge in [-0.3, -0.25) is 0 Å². The maximum absolute atomic E-state index is 11.5. The van der Waals surface area contributed by atoms with E-state index in [1.165, 1.54) is 19.1 Å². The van der Waals surface area contributed by atoms with Gasteiger partial charge in [-0.05, 0) is 43.5 Å². The number of rotatable bonds is 4. The highest BCUT2D eigenvalue weighted by Gasteiger charge is 2.14. The number of aromatic nitrogens is 2. The van der Waals surface area contributed by atoms with Crippen molar-refractivity contribution < 1.29 is 8.42 Å². The number of benzene rings is 1. The molecule has 1 fully saturated rings. The number of aryl methyl sites for hydroxylation is 1. The van der Waals surface area contributed by atoms with Crippen LogP contribution >= 0.6 is 0 Å². The van der Waals surface area contributed by atoms with E-state index in [0.717, 1.165) is 30.2 Å². The van der Waals surface area contributed by atoms with Crippen LogP contribution < -0.4 is 4.90 Å². The summed E-state index contributed by atoms with van der Waals surface area (Å²) in [6, 6.07) is 8.81. The number of sulfone groups is 1. The van der Waals surface area contributed by atoms with Crippen molar-refractivity contribution >= 4 is 27.8 Å². The second-order valence-electron chi connectivity index (χ2n) is 6.09. The predicted octanol–water partition coefficient (Wildman–Crippen LogP) is 2.96. The van der Waals surface area contributed by atoms with Gasteiger partial charge in [0.05, 0.1) is 4.90 Å².